The van der Waals surface area contributed by atoms with Gasteiger partial charge in [-0.2, -0.15) is 8.42 Å². The van der Waals surface area contributed by atoms with E-state index in [0.717, 1.165) is 31.1 Å². The van der Waals surface area contributed by atoms with E-state index >= 15 is 0 Å². The van der Waals surface area contributed by atoms with Crippen molar-refractivity contribution >= 4 is 16.2 Å². The Morgan fingerprint density at radius 1 is 1.30 bits per heavy atom. The Morgan fingerprint density at radius 2 is 1.96 bits per heavy atom. The van der Waals surface area contributed by atoms with Gasteiger partial charge in [-0.25, -0.2) is 4.79 Å². The maximum Gasteiger partial charge on any atom is 0.410 e. The van der Waals surface area contributed by atoms with Crippen LogP contribution in [0.4, 0.5) is 4.79 Å². The number of likely N-dealkylation sites (tertiary alicyclic amines) is 1. The van der Waals surface area contributed by atoms with Crippen molar-refractivity contribution in [1.29, 1.82) is 0 Å². The van der Waals surface area contributed by atoms with Gasteiger partial charge in [0, 0.05) is 30.9 Å². The van der Waals surface area contributed by atoms with Gasteiger partial charge in [-0.1, -0.05) is 6.07 Å². The van der Waals surface area contributed by atoms with Gasteiger partial charge in [0.25, 0.3) is 10.1 Å². The van der Waals surface area contributed by atoms with Crippen LogP contribution in [0.3, 0.4) is 0 Å². The van der Waals surface area contributed by atoms with E-state index in [0.29, 0.717) is 19.5 Å². The number of amides is 1. The Morgan fingerprint density at radius 3 is 2.48 bits per heavy atom. The SMILES string of the molecule is CC(C)(C)OC(=O)N1CCC(CCCOS(C)(=O)=O)(c2cccnc2)CC1. The van der Waals surface area contributed by atoms with Crippen LogP contribution in [-0.2, 0) is 24.5 Å². The average Bonchev–Trinajstić information content (AvgIpc) is 2.58. The van der Waals surface area contributed by atoms with Gasteiger partial charge in [0.15, 0.2) is 0 Å². The zero-order valence-electron chi connectivity index (χ0n) is 16.6. The van der Waals surface area contributed by atoms with E-state index in [1.54, 1.807) is 11.1 Å². The van der Waals surface area contributed by atoms with Crippen molar-refractivity contribution in [1.82, 2.24) is 9.88 Å². The van der Waals surface area contributed by atoms with E-state index in [2.05, 4.69) is 4.98 Å². The largest absolute Gasteiger partial charge is 0.444 e. The minimum Gasteiger partial charge on any atom is -0.444 e. The molecule has 1 amide bonds. The maximum absolute atomic E-state index is 12.3. The minimum absolute atomic E-state index is 0.145. The first kappa shape index (κ1) is 21.6. The number of piperidine rings is 1. The van der Waals surface area contributed by atoms with E-state index in [9.17, 15) is 13.2 Å². The Kier molecular flexibility index (Phi) is 6.86. The second-order valence-corrected chi connectivity index (χ2v) is 9.76. The molecule has 1 saturated heterocycles. The summed E-state index contributed by atoms with van der Waals surface area (Å²) in [5, 5.41) is 0. The second kappa shape index (κ2) is 8.56. The highest BCUT2D eigenvalue weighted by Gasteiger charge is 2.38. The lowest BCUT2D eigenvalue weighted by Gasteiger charge is -2.42. The lowest BCUT2D eigenvalue weighted by atomic mass is 9.70. The summed E-state index contributed by atoms with van der Waals surface area (Å²) >= 11 is 0. The lowest BCUT2D eigenvalue weighted by molar-refractivity contribution is 0.0155. The third kappa shape index (κ3) is 6.77. The smallest absolute Gasteiger partial charge is 0.410 e. The maximum atomic E-state index is 12.3. The number of ether oxygens (including phenoxy) is 1. The molecular formula is C19H30N2O5S. The molecule has 0 aromatic carbocycles. The van der Waals surface area contributed by atoms with Gasteiger partial charge in [0.05, 0.1) is 12.9 Å². The predicted molar refractivity (Wildman–Crippen MR) is 103 cm³/mol. The zero-order chi connectivity index (χ0) is 20.1. The molecule has 0 unspecified atom stereocenters. The molecule has 0 saturated carbocycles. The molecule has 152 valence electrons. The van der Waals surface area contributed by atoms with Crippen molar-refractivity contribution < 1.29 is 22.1 Å². The highest BCUT2D eigenvalue weighted by Crippen LogP contribution is 2.39. The molecule has 2 rings (SSSR count). The van der Waals surface area contributed by atoms with Gasteiger partial charge in [-0.05, 0) is 58.1 Å². The second-order valence-electron chi connectivity index (χ2n) is 8.12. The summed E-state index contributed by atoms with van der Waals surface area (Å²) in [7, 11) is -3.43. The van der Waals surface area contributed by atoms with Crippen LogP contribution in [0.1, 0.15) is 52.0 Å². The third-order valence-electron chi connectivity index (χ3n) is 4.74. The highest BCUT2D eigenvalue weighted by molar-refractivity contribution is 7.85. The van der Waals surface area contributed by atoms with Gasteiger partial charge in [-0.3, -0.25) is 9.17 Å². The van der Waals surface area contributed by atoms with Crippen molar-refractivity contribution in [2.45, 2.75) is 57.5 Å². The van der Waals surface area contributed by atoms with Crippen molar-refractivity contribution in [2.24, 2.45) is 0 Å². The topological polar surface area (TPSA) is 85.8 Å². The molecule has 1 aromatic rings. The molecule has 1 aliphatic heterocycles. The first-order chi connectivity index (χ1) is 12.5. The van der Waals surface area contributed by atoms with E-state index in [4.69, 9.17) is 8.92 Å². The Bertz CT molecular complexity index is 720. The molecule has 0 radical (unpaired) electrons. The van der Waals surface area contributed by atoms with Crippen LogP contribution in [0.15, 0.2) is 24.5 Å². The number of hydrogen-bond acceptors (Lipinski definition) is 6. The highest BCUT2D eigenvalue weighted by atomic mass is 32.2. The van der Waals surface area contributed by atoms with Gasteiger partial charge in [-0.15, -0.1) is 0 Å². The quantitative estimate of drug-likeness (QED) is 0.541. The van der Waals surface area contributed by atoms with E-state index in [1.807, 2.05) is 39.1 Å². The van der Waals surface area contributed by atoms with E-state index in [1.165, 1.54) is 0 Å². The van der Waals surface area contributed by atoms with Gasteiger partial charge >= 0.3 is 6.09 Å². The number of nitrogens with zero attached hydrogens (tertiary/aromatic N) is 2. The first-order valence-electron chi connectivity index (χ1n) is 9.24. The third-order valence-corrected chi connectivity index (χ3v) is 5.34. The Labute approximate surface area is 162 Å². The Hall–Kier alpha value is -1.67. The molecule has 1 aromatic heterocycles. The fourth-order valence-corrected chi connectivity index (χ4v) is 3.84. The van der Waals surface area contributed by atoms with Crippen LogP contribution in [0.5, 0.6) is 0 Å². The molecular weight excluding hydrogens is 368 g/mol. The molecule has 27 heavy (non-hydrogen) atoms. The number of aromatic nitrogens is 1. The van der Waals surface area contributed by atoms with Crippen LogP contribution >= 0.6 is 0 Å². The fraction of sp³-hybridized carbons (Fsp3) is 0.684. The van der Waals surface area contributed by atoms with Gasteiger partial charge in [0.2, 0.25) is 0 Å². The standard InChI is InChI=1S/C19H30N2O5S/c1-18(2,3)26-17(22)21-12-9-19(10-13-21,16-7-5-11-20-15-16)8-6-14-25-27(4,23)24/h5,7,11,15H,6,8-10,12-14H2,1-4H3. The molecule has 8 heteroatoms. The Balaban J connectivity index is 2.04. The normalized spacial score (nSPS) is 17.6. The summed E-state index contributed by atoms with van der Waals surface area (Å²) < 4.78 is 32.7. The number of carbonyl (C=O) groups excluding carboxylic acids is 1. The number of hydrogen-bond donors (Lipinski definition) is 0. The molecule has 0 atom stereocenters. The summed E-state index contributed by atoms with van der Waals surface area (Å²) in [5.41, 5.74) is 0.458. The molecule has 0 bridgehead atoms. The minimum atomic E-state index is -3.43. The van der Waals surface area contributed by atoms with Gasteiger partial charge in [0.1, 0.15) is 5.60 Å². The molecule has 7 nitrogen and oxygen atoms in total. The van der Waals surface area contributed by atoms with E-state index < -0.39 is 15.7 Å². The number of carbonyl (C=O) groups is 1. The molecule has 0 N–H and O–H groups in total. The molecule has 1 aliphatic rings. The molecule has 0 spiro atoms. The van der Waals surface area contributed by atoms with Gasteiger partial charge < -0.3 is 9.64 Å². The summed E-state index contributed by atoms with van der Waals surface area (Å²) in [4.78, 5) is 18.3. The van der Waals surface area contributed by atoms with Crippen molar-refractivity contribution in [3.8, 4) is 0 Å². The summed E-state index contributed by atoms with van der Waals surface area (Å²) in [6.07, 6.45) is 7.31. The van der Waals surface area contributed by atoms with Crippen LogP contribution in [0.25, 0.3) is 0 Å². The summed E-state index contributed by atoms with van der Waals surface area (Å²) in [6, 6.07) is 3.96. The fourth-order valence-electron chi connectivity index (χ4n) is 3.42. The molecule has 0 aliphatic carbocycles. The first-order valence-corrected chi connectivity index (χ1v) is 11.1. The van der Waals surface area contributed by atoms with Crippen molar-refractivity contribution in [3.05, 3.63) is 30.1 Å². The average molecular weight is 399 g/mol. The summed E-state index contributed by atoms with van der Waals surface area (Å²) in [6.45, 7) is 6.92. The van der Waals surface area contributed by atoms with Crippen molar-refractivity contribution in [3.63, 3.8) is 0 Å². The molecule has 2 heterocycles. The predicted octanol–water partition coefficient (Wildman–Crippen LogP) is 3.11. The lowest BCUT2D eigenvalue weighted by Crippen LogP contribution is -2.47. The molecule has 1 fully saturated rings. The van der Waals surface area contributed by atoms with E-state index in [-0.39, 0.29) is 18.1 Å². The number of pyridine rings is 1. The zero-order valence-corrected chi connectivity index (χ0v) is 17.4. The monoisotopic (exact) mass is 398 g/mol. The van der Waals surface area contributed by atoms with Crippen LogP contribution < -0.4 is 0 Å². The van der Waals surface area contributed by atoms with Crippen LogP contribution in [0, 0.1) is 0 Å². The summed E-state index contributed by atoms with van der Waals surface area (Å²) in [5.74, 6) is 0. The van der Waals surface area contributed by atoms with Crippen LogP contribution in [-0.4, -0.2) is 55.9 Å². The number of rotatable bonds is 6. The van der Waals surface area contributed by atoms with Crippen LogP contribution in [0.2, 0.25) is 0 Å². The van der Waals surface area contributed by atoms with Crippen molar-refractivity contribution in [2.75, 3.05) is 26.0 Å².